The number of hydrogen-bond donors (Lipinski definition) is 2. The van der Waals surface area contributed by atoms with Crippen molar-refractivity contribution < 1.29 is 4.74 Å². The zero-order valence-electron chi connectivity index (χ0n) is 11.4. The molecule has 0 aromatic carbocycles. The molecular formula is C13H16ClN5O. The summed E-state index contributed by atoms with van der Waals surface area (Å²) in [5, 5.41) is 6.69. The molecule has 2 N–H and O–H groups in total. The first-order valence-corrected chi connectivity index (χ1v) is 6.60. The fraction of sp³-hybridized carbons (Fsp3) is 0.308. The van der Waals surface area contributed by atoms with E-state index in [1.807, 2.05) is 19.1 Å². The number of rotatable bonds is 6. The van der Waals surface area contributed by atoms with Crippen LogP contribution in [0.4, 0.5) is 11.8 Å². The van der Waals surface area contributed by atoms with Crippen LogP contribution in [0.15, 0.2) is 24.5 Å². The summed E-state index contributed by atoms with van der Waals surface area (Å²) >= 11 is 6.07. The summed E-state index contributed by atoms with van der Waals surface area (Å²) in [6.45, 7) is 3.30. The third-order valence-electron chi connectivity index (χ3n) is 2.55. The van der Waals surface area contributed by atoms with Gasteiger partial charge in [0.25, 0.3) is 0 Å². The second kappa shape index (κ2) is 6.91. The van der Waals surface area contributed by atoms with Crippen molar-refractivity contribution in [3.63, 3.8) is 0 Å². The highest BCUT2D eigenvalue weighted by molar-refractivity contribution is 6.32. The van der Waals surface area contributed by atoms with Crippen molar-refractivity contribution in [3.8, 4) is 5.88 Å². The van der Waals surface area contributed by atoms with Crippen LogP contribution in [0.1, 0.15) is 12.5 Å². The number of methoxy groups -OCH3 is 1. The molecular weight excluding hydrogens is 278 g/mol. The second-order valence-corrected chi connectivity index (χ2v) is 4.39. The zero-order valence-corrected chi connectivity index (χ0v) is 12.1. The highest BCUT2D eigenvalue weighted by Gasteiger charge is 2.05. The topological polar surface area (TPSA) is 72.0 Å². The summed E-state index contributed by atoms with van der Waals surface area (Å²) < 4.78 is 5.08. The lowest BCUT2D eigenvalue weighted by Crippen LogP contribution is -2.07. The predicted molar refractivity (Wildman–Crippen MR) is 79.3 cm³/mol. The largest absolute Gasteiger partial charge is 0.481 e. The molecule has 0 atom stereocenters. The maximum atomic E-state index is 6.07. The summed E-state index contributed by atoms with van der Waals surface area (Å²) in [6, 6.07) is 3.75. The van der Waals surface area contributed by atoms with Crippen molar-refractivity contribution in [1.82, 2.24) is 15.0 Å². The fourth-order valence-corrected chi connectivity index (χ4v) is 1.75. The Kier molecular flexibility index (Phi) is 4.95. The van der Waals surface area contributed by atoms with Crippen LogP contribution in [-0.2, 0) is 6.54 Å². The van der Waals surface area contributed by atoms with Crippen LogP contribution >= 0.6 is 11.6 Å². The van der Waals surface area contributed by atoms with Crippen LogP contribution in [0.25, 0.3) is 0 Å². The lowest BCUT2D eigenvalue weighted by Gasteiger charge is -2.09. The monoisotopic (exact) mass is 293 g/mol. The molecule has 2 heterocycles. The van der Waals surface area contributed by atoms with E-state index >= 15 is 0 Å². The number of nitrogens with one attached hydrogen (secondary N) is 2. The van der Waals surface area contributed by atoms with Gasteiger partial charge in [0, 0.05) is 25.4 Å². The maximum Gasteiger partial charge on any atom is 0.224 e. The Morgan fingerprint density at radius 2 is 2.15 bits per heavy atom. The standard InChI is InChI=1S/C13H16ClN5O/c1-3-15-13-18-8-10(14)12(19-13)17-7-9-4-5-16-11(6-9)20-2/h4-6,8H,3,7H2,1-2H3,(H2,15,17,18,19). The summed E-state index contributed by atoms with van der Waals surface area (Å²) in [5.74, 6) is 1.71. The first kappa shape index (κ1) is 14.3. The average Bonchev–Trinajstić information content (AvgIpc) is 2.48. The van der Waals surface area contributed by atoms with Crippen LogP contribution in [-0.4, -0.2) is 28.6 Å². The zero-order chi connectivity index (χ0) is 14.4. The Morgan fingerprint density at radius 1 is 1.30 bits per heavy atom. The van der Waals surface area contributed by atoms with Gasteiger partial charge in [-0.3, -0.25) is 0 Å². The molecule has 0 fully saturated rings. The number of pyridine rings is 1. The quantitative estimate of drug-likeness (QED) is 0.853. The van der Waals surface area contributed by atoms with Gasteiger partial charge >= 0.3 is 0 Å². The number of anilines is 2. The third kappa shape index (κ3) is 3.71. The minimum Gasteiger partial charge on any atom is -0.481 e. The molecule has 7 heteroatoms. The van der Waals surface area contributed by atoms with Crippen LogP contribution in [0.5, 0.6) is 5.88 Å². The SMILES string of the molecule is CCNc1ncc(Cl)c(NCc2ccnc(OC)c2)n1. The molecule has 6 nitrogen and oxygen atoms in total. The van der Waals surface area contributed by atoms with Crippen molar-refractivity contribution in [1.29, 1.82) is 0 Å². The van der Waals surface area contributed by atoms with E-state index in [0.29, 0.717) is 29.2 Å². The molecule has 106 valence electrons. The Labute approximate surface area is 122 Å². The number of halogens is 1. The van der Waals surface area contributed by atoms with Crippen molar-refractivity contribution in [2.45, 2.75) is 13.5 Å². The van der Waals surface area contributed by atoms with Gasteiger partial charge in [0.2, 0.25) is 11.8 Å². The Bertz CT molecular complexity index is 578. The number of ether oxygens (including phenoxy) is 1. The Morgan fingerprint density at radius 3 is 2.90 bits per heavy atom. The summed E-state index contributed by atoms with van der Waals surface area (Å²) in [5.41, 5.74) is 1.02. The molecule has 0 radical (unpaired) electrons. The number of hydrogen-bond acceptors (Lipinski definition) is 6. The third-order valence-corrected chi connectivity index (χ3v) is 2.82. The van der Waals surface area contributed by atoms with Gasteiger partial charge in [-0.2, -0.15) is 4.98 Å². The van der Waals surface area contributed by atoms with E-state index in [-0.39, 0.29) is 0 Å². The molecule has 0 aliphatic rings. The highest BCUT2D eigenvalue weighted by Crippen LogP contribution is 2.20. The van der Waals surface area contributed by atoms with Gasteiger partial charge in [-0.1, -0.05) is 11.6 Å². The average molecular weight is 294 g/mol. The van der Waals surface area contributed by atoms with Gasteiger partial charge in [0.05, 0.1) is 13.3 Å². The highest BCUT2D eigenvalue weighted by atomic mass is 35.5. The molecule has 2 aromatic rings. The van der Waals surface area contributed by atoms with Gasteiger partial charge in [-0.25, -0.2) is 9.97 Å². The molecule has 0 amide bonds. The molecule has 0 unspecified atom stereocenters. The van der Waals surface area contributed by atoms with Crippen LogP contribution in [0.3, 0.4) is 0 Å². The number of nitrogens with zero attached hydrogens (tertiary/aromatic N) is 3. The molecule has 0 spiro atoms. The summed E-state index contributed by atoms with van der Waals surface area (Å²) in [6.07, 6.45) is 3.27. The van der Waals surface area contributed by atoms with Crippen molar-refractivity contribution >= 4 is 23.4 Å². The molecule has 0 saturated carbocycles. The van der Waals surface area contributed by atoms with Gasteiger partial charge in [-0.05, 0) is 18.6 Å². The molecule has 0 aliphatic heterocycles. The molecule has 2 aromatic heterocycles. The molecule has 0 saturated heterocycles. The van der Waals surface area contributed by atoms with Crippen LogP contribution < -0.4 is 15.4 Å². The maximum absolute atomic E-state index is 6.07. The van der Waals surface area contributed by atoms with Crippen molar-refractivity contribution in [3.05, 3.63) is 35.1 Å². The van der Waals surface area contributed by atoms with Crippen molar-refractivity contribution in [2.75, 3.05) is 24.3 Å². The minimum absolute atomic E-state index is 0.479. The van der Waals surface area contributed by atoms with Crippen LogP contribution in [0, 0.1) is 0 Å². The van der Waals surface area contributed by atoms with Gasteiger partial charge in [0.15, 0.2) is 5.82 Å². The van der Waals surface area contributed by atoms with Gasteiger partial charge < -0.3 is 15.4 Å². The normalized spacial score (nSPS) is 10.2. The van der Waals surface area contributed by atoms with Crippen LogP contribution in [0.2, 0.25) is 5.02 Å². The van der Waals surface area contributed by atoms with E-state index in [1.54, 1.807) is 19.5 Å². The fourth-order valence-electron chi connectivity index (χ4n) is 1.59. The lowest BCUT2D eigenvalue weighted by atomic mass is 10.2. The minimum atomic E-state index is 0.479. The van der Waals surface area contributed by atoms with E-state index in [4.69, 9.17) is 16.3 Å². The first-order valence-electron chi connectivity index (χ1n) is 6.22. The Balaban J connectivity index is 2.07. The van der Waals surface area contributed by atoms with E-state index < -0.39 is 0 Å². The van der Waals surface area contributed by atoms with E-state index in [0.717, 1.165) is 12.1 Å². The predicted octanol–water partition coefficient (Wildman–Crippen LogP) is 2.58. The molecule has 2 rings (SSSR count). The first-order chi connectivity index (χ1) is 9.72. The second-order valence-electron chi connectivity index (χ2n) is 3.98. The Hall–Kier alpha value is -2.08. The van der Waals surface area contributed by atoms with E-state index in [1.165, 1.54) is 0 Å². The van der Waals surface area contributed by atoms with E-state index in [9.17, 15) is 0 Å². The van der Waals surface area contributed by atoms with Gasteiger partial charge in [0.1, 0.15) is 5.02 Å². The van der Waals surface area contributed by atoms with Gasteiger partial charge in [-0.15, -0.1) is 0 Å². The molecule has 0 bridgehead atoms. The summed E-state index contributed by atoms with van der Waals surface area (Å²) in [4.78, 5) is 12.5. The molecule has 0 aliphatic carbocycles. The van der Waals surface area contributed by atoms with Crippen molar-refractivity contribution in [2.24, 2.45) is 0 Å². The van der Waals surface area contributed by atoms with E-state index in [2.05, 4.69) is 25.6 Å². The number of aromatic nitrogens is 3. The summed E-state index contributed by atoms with van der Waals surface area (Å²) in [7, 11) is 1.59. The lowest BCUT2D eigenvalue weighted by molar-refractivity contribution is 0.397. The molecule has 20 heavy (non-hydrogen) atoms. The smallest absolute Gasteiger partial charge is 0.224 e.